The molecule has 1 aliphatic heterocycles. The van der Waals surface area contributed by atoms with Gasteiger partial charge in [-0.3, -0.25) is 9.59 Å². The summed E-state index contributed by atoms with van der Waals surface area (Å²) >= 11 is 12.3. The highest BCUT2D eigenvalue weighted by Gasteiger charge is 2.34. The Morgan fingerprint density at radius 3 is 2.34 bits per heavy atom. The fraction of sp³-hybridized carbons (Fsp3) is 0.259. The van der Waals surface area contributed by atoms with E-state index < -0.39 is 0 Å². The quantitative estimate of drug-likeness (QED) is 0.477. The first-order valence-corrected chi connectivity index (χ1v) is 12.0. The van der Waals surface area contributed by atoms with Gasteiger partial charge in [0.1, 0.15) is 0 Å². The molecule has 0 saturated carbocycles. The van der Waals surface area contributed by atoms with Crippen molar-refractivity contribution in [3.05, 3.63) is 93.5 Å². The fourth-order valence-corrected chi connectivity index (χ4v) is 4.75. The van der Waals surface area contributed by atoms with Crippen molar-refractivity contribution in [2.45, 2.75) is 18.4 Å². The summed E-state index contributed by atoms with van der Waals surface area (Å²) in [6.07, 6.45) is 0.586. The Labute approximate surface area is 214 Å². The van der Waals surface area contributed by atoms with Crippen molar-refractivity contribution in [3.8, 4) is 11.5 Å². The molecule has 0 bridgehead atoms. The van der Waals surface area contributed by atoms with Crippen LogP contribution in [0.3, 0.4) is 0 Å². The van der Waals surface area contributed by atoms with Crippen LogP contribution in [0, 0.1) is 0 Å². The first kappa shape index (κ1) is 24.9. The normalized spacial score (nSPS) is 17.5. The van der Waals surface area contributed by atoms with Gasteiger partial charge in [0.15, 0.2) is 11.5 Å². The molecule has 4 rings (SSSR count). The number of halogens is 2. The zero-order valence-electron chi connectivity index (χ0n) is 19.5. The molecule has 0 radical (unpaired) electrons. The van der Waals surface area contributed by atoms with Crippen LogP contribution in [0.5, 0.6) is 11.5 Å². The molecule has 35 heavy (non-hydrogen) atoms. The lowest BCUT2D eigenvalue weighted by Gasteiger charge is -2.39. The van der Waals surface area contributed by atoms with Crippen molar-refractivity contribution in [2.24, 2.45) is 0 Å². The molecule has 1 N–H and O–H groups in total. The van der Waals surface area contributed by atoms with Gasteiger partial charge in [0.2, 0.25) is 0 Å². The number of hydrogen-bond acceptors (Lipinski definition) is 4. The zero-order valence-corrected chi connectivity index (χ0v) is 21.0. The molecule has 1 fully saturated rings. The number of benzene rings is 3. The van der Waals surface area contributed by atoms with E-state index in [1.165, 1.54) is 7.11 Å². The summed E-state index contributed by atoms with van der Waals surface area (Å²) in [4.78, 5) is 28.2. The van der Waals surface area contributed by atoms with Crippen molar-refractivity contribution in [2.75, 3.05) is 27.3 Å². The number of methoxy groups -OCH3 is 2. The molecule has 1 heterocycles. The van der Waals surface area contributed by atoms with E-state index in [9.17, 15) is 9.59 Å². The molecule has 1 saturated heterocycles. The molecule has 2 amide bonds. The molecule has 6 nitrogen and oxygen atoms in total. The predicted molar refractivity (Wildman–Crippen MR) is 137 cm³/mol. The highest BCUT2D eigenvalue weighted by molar-refractivity contribution is 6.33. The number of rotatable bonds is 6. The predicted octanol–water partition coefficient (Wildman–Crippen LogP) is 5.44. The summed E-state index contributed by atoms with van der Waals surface area (Å²) in [7, 11) is 3.09. The van der Waals surface area contributed by atoms with Crippen LogP contribution >= 0.6 is 23.2 Å². The minimum atomic E-state index is -0.237. The second kappa shape index (κ2) is 11.0. The number of likely N-dealkylation sites (tertiary alicyclic amines) is 1. The number of nitrogens with one attached hydrogen (secondary N) is 1. The third kappa shape index (κ3) is 5.55. The smallest absolute Gasteiger partial charge is 0.254 e. The van der Waals surface area contributed by atoms with E-state index in [1.54, 1.807) is 54.5 Å². The molecule has 3 aromatic rings. The van der Waals surface area contributed by atoms with Crippen LogP contribution < -0.4 is 14.8 Å². The van der Waals surface area contributed by atoms with Crippen LogP contribution in [0.15, 0.2) is 66.7 Å². The highest BCUT2D eigenvalue weighted by Crippen LogP contribution is 2.32. The number of amides is 2. The maximum atomic E-state index is 13.4. The molecule has 1 aliphatic rings. The van der Waals surface area contributed by atoms with Crippen LogP contribution in [0.4, 0.5) is 0 Å². The lowest BCUT2D eigenvalue weighted by Crippen LogP contribution is -2.51. The molecule has 0 aromatic heterocycles. The van der Waals surface area contributed by atoms with Gasteiger partial charge in [-0.05, 0) is 54.4 Å². The number of carbonyl (C=O) groups is 2. The van der Waals surface area contributed by atoms with Crippen molar-refractivity contribution in [1.82, 2.24) is 10.2 Å². The van der Waals surface area contributed by atoms with Crippen LogP contribution in [0.1, 0.15) is 38.6 Å². The number of nitrogens with zero attached hydrogens (tertiary/aromatic N) is 1. The lowest BCUT2D eigenvalue weighted by molar-refractivity contribution is 0.0671. The summed E-state index contributed by atoms with van der Waals surface area (Å²) in [5.41, 5.74) is 1.92. The molecule has 3 aromatic carbocycles. The van der Waals surface area contributed by atoms with Crippen molar-refractivity contribution in [1.29, 1.82) is 0 Å². The van der Waals surface area contributed by atoms with Gasteiger partial charge in [-0.15, -0.1) is 0 Å². The van der Waals surface area contributed by atoms with Crippen molar-refractivity contribution >= 4 is 35.0 Å². The number of hydrogen-bond donors (Lipinski definition) is 1. The van der Waals surface area contributed by atoms with Crippen LogP contribution in [-0.2, 0) is 0 Å². The number of ether oxygens (including phenoxy) is 2. The molecular formula is C27H26Cl2N2O4. The Morgan fingerprint density at radius 1 is 0.943 bits per heavy atom. The van der Waals surface area contributed by atoms with E-state index in [0.29, 0.717) is 52.2 Å². The fourth-order valence-electron chi connectivity index (χ4n) is 4.40. The zero-order chi connectivity index (χ0) is 24.9. The van der Waals surface area contributed by atoms with Gasteiger partial charge in [0.25, 0.3) is 11.8 Å². The Kier molecular flexibility index (Phi) is 7.83. The molecular weight excluding hydrogens is 487 g/mol. The molecule has 182 valence electrons. The van der Waals surface area contributed by atoms with Crippen molar-refractivity contribution in [3.63, 3.8) is 0 Å². The second-order valence-corrected chi connectivity index (χ2v) is 9.17. The highest BCUT2D eigenvalue weighted by atomic mass is 35.5. The van der Waals surface area contributed by atoms with Crippen LogP contribution in [0.2, 0.25) is 10.0 Å². The van der Waals surface area contributed by atoms with Gasteiger partial charge in [0, 0.05) is 35.6 Å². The van der Waals surface area contributed by atoms with Crippen molar-refractivity contribution < 1.29 is 19.1 Å². The SMILES string of the molecule is COc1ccc(C(=O)N2CCC(NC(=O)c3ccccc3Cl)C(c3ccc(Cl)cc3)C2)cc1OC. The largest absolute Gasteiger partial charge is 0.493 e. The molecule has 0 aliphatic carbocycles. The van der Waals surface area contributed by atoms with E-state index in [0.717, 1.165) is 5.56 Å². The van der Waals surface area contributed by atoms with E-state index in [4.69, 9.17) is 32.7 Å². The summed E-state index contributed by atoms with van der Waals surface area (Å²) < 4.78 is 10.6. The summed E-state index contributed by atoms with van der Waals surface area (Å²) in [5.74, 6) is 0.579. The lowest BCUT2D eigenvalue weighted by atomic mass is 9.85. The topological polar surface area (TPSA) is 67.9 Å². The Balaban J connectivity index is 1.58. The van der Waals surface area contributed by atoms with Gasteiger partial charge in [-0.25, -0.2) is 0 Å². The molecule has 8 heteroatoms. The van der Waals surface area contributed by atoms with Crippen LogP contribution in [0.25, 0.3) is 0 Å². The average Bonchev–Trinajstić information content (AvgIpc) is 2.88. The minimum Gasteiger partial charge on any atom is -0.493 e. The van der Waals surface area contributed by atoms with Gasteiger partial charge in [-0.2, -0.15) is 0 Å². The van der Waals surface area contributed by atoms with E-state index in [2.05, 4.69) is 5.32 Å². The van der Waals surface area contributed by atoms with E-state index in [1.807, 2.05) is 24.3 Å². The molecule has 0 spiro atoms. The summed E-state index contributed by atoms with van der Waals surface area (Å²) in [5, 5.41) is 4.16. The number of piperidine rings is 1. The molecule has 2 unspecified atom stereocenters. The summed E-state index contributed by atoms with van der Waals surface area (Å²) in [6.45, 7) is 0.924. The average molecular weight is 513 g/mol. The van der Waals surface area contributed by atoms with Gasteiger partial charge in [-0.1, -0.05) is 47.5 Å². The Morgan fingerprint density at radius 2 is 1.66 bits per heavy atom. The van der Waals surface area contributed by atoms with E-state index >= 15 is 0 Å². The van der Waals surface area contributed by atoms with Gasteiger partial charge >= 0.3 is 0 Å². The Hall–Kier alpha value is -3.22. The maximum absolute atomic E-state index is 13.4. The monoisotopic (exact) mass is 512 g/mol. The molecule has 2 atom stereocenters. The third-order valence-corrected chi connectivity index (χ3v) is 6.85. The maximum Gasteiger partial charge on any atom is 0.254 e. The van der Waals surface area contributed by atoms with E-state index in [-0.39, 0.29) is 23.8 Å². The van der Waals surface area contributed by atoms with Gasteiger partial charge in [0.05, 0.1) is 24.8 Å². The first-order valence-electron chi connectivity index (χ1n) is 11.2. The summed E-state index contributed by atoms with van der Waals surface area (Å²) in [6, 6.07) is 19.4. The third-order valence-electron chi connectivity index (χ3n) is 6.26. The van der Waals surface area contributed by atoms with Crippen LogP contribution in [-0.4, -0.2) is 50.1 Å². The Bertz CT molecular complexity index is 1220. The standard InChI is InChI=1S/C27H26Cl2N2O4/c1-34-24-12-9-18(15-25(24)35-2)27(33)31-14-13-23(21(16-31)17-7-10-19(28)11-8-17)30-26(32)20-5-3-4-6-22(20)29/h3-12,15,21,23H,13-14,16H2,1-2H3,(H,30,32). The first-order chi connectivity index (χ1) is 16.9. The van der Waals surface area contributed by atoms with Gasteiger partial charge < -0.3 is 19.7 Å². The number of carbonyl (C=O) groups excluding carboxylic acids is 2. The minimum absolute atomic E-state index is 0.110. The second-order valence-electron chi connectivity index (χ2n) is 8.33.